The average molecular weight is 256 g/mol. The largest absolute Gasteiger partial charge is 0.507 e. The molecule has 0 aliphatic carbocycles. The van der Waals surface area contributed by atoms with Gasteiger partial charge in [0.2, 0.25) is 0 Å². The molecule has 0 spiro atoms. The van der Waals surface area contributed by atoms with Crippen molar-refractivity contribution in [1.29, 1.82) is 0 Å². The topological polar surface area (TPSA) is 40.5 Å². The Balaban J connectivity index is 2.50. The molecule has 2 nitrogen and oxygen atoms in total. The quantitative estimate of drug-likeness (QED) is 0.846. The van der Waals surface area contributed by atoms with Crippen LogP contribution in [0.4, 0.5) is 0 Å². The lowest BCUT2D eigenvalue weighted by Crippen LogP contribution is -1.99. The van der Waals surface area contributed by atoms with Crippen molar-refractivity contribution in [3.63, 3.8) is 0 Å². The molecule has 2 aromatic rings. The monoisotopic (exact) mass is 256 g/mol. The first-order valence-electron chi connectivity index (χ1n) is 6.50. The van der Waals surface area contributed by atoms with Crippen LogP contribution in [0.15, 0.2) is 30.3 Å². The number of aryl methyl sites for hydroxylation is 3. The molecular weight excluding hydrogens is 236 g/mol. The Morgan fingerprint density at radius 3 is 2.00 bits per heavy atom. The van der Waals surface area contributed by atoms with Gasteiger partial charge in [-0.05, 0) is 43.0 Å². The smallest absolute Gasteiger partial charge is 0.122 e. The molecule has 2 rings (SSSR count). The fraction of sp³-hybridized carbons (Fsp3) is 0.294. The number of hydrogen-bond donors (Lipinski definition) is 2. The molecule has 1 unspecified atom stereocenters. The van der Waals surface area contributed by atoms with E-state index in [2.05, 4.69) is 6.92 Å². The second-order valence-electron chi connectivity index (χ2n) is 5.24. The van der Waals surface area contributed by atoms with Crippen LogP contribution in [0.1, 0.15) is 40.7 Å². The number of hydrogen-bond acceptors (Lipinski definition) is 2. The first kappa shape index (κ1) is 13.5. The van der Waals surface area contributed by atoms with Crippen molar-refractivity contribution in [3.8, 4) is 11.5 Å². The minimum Gasteiger partial charge on any atom is -0.507 e. The Labute approximate surface area is 114 Å². The van der Waals surface area contributed by atoms with Gasteiger partial charge in [-0.15, -0.1) is 0 Å². The van der Waals surface area contributed by atoms with E-state index in [-0.39, 0.29) is 5.92 Å². The Hall–Kier alpha value is -1.96. The maximum absolute atomic E-state index is 10.2. The molecule has 0 aliphatic heterocycles. The first-order valence-corrected chi connectivity index (χ1v) is 6.50. The fourth-order valence-corrected chi connectivity index (χ4v) is 2.45. The van der Waals surface area contributed by atoms with Crippen molar-refractivity contribution in [2.45, 2.75) is 33.6 Å². The lowest BCUT2D eigenvalue weighted by molar-refractivity contribution is 0.461. The molecule has 0 fully saturated rings. The molecule has 2 N–H and O–H groups in total. The van der Waals surface area contributed by atoms with Crippen LogP contribution in [-0.4, -0.2) is 10.2 Å². The number of rotatable bonds is 2. The highest BCUT2D eigenvalue weighted by Gasteiger charge is 2.15. The highest BCUT2D eigenvalue weighted by molar-refractivity contribution is 5.49. The van der Waals surface area contributed by atoms with E-state index in [0.717, 1.165) is 27.8 Å². The van der Waals surface area contributed by atoms with Gasteiger partial charge in [0.05, 0.1) is 0 Å². The summed E-state index contributed by atoms with van der Waals surface area (Å²) in [7, 11) is 0. The van der Waals surface area contributed by atoms with Gasteiger partial charge in [0, 0.05) is 11.5 Å². The van der Waals surface area contributed by atoms with Crippen LogP contribution < -0.4 is 0 Å². The zero-order valence-electron chi connectivity index (χ0n) is 11.9. The second-order valence-corrected chi connectivity index (χ2v) is 5.24. The molecule has 100 valence electrons. The molecule has 0 bridgehead atoms. The molecule has 0 aromatic heterocycles. The zero-order chi connectivity index (χ0) is 14.2. The molecule has 0 radical (unpaired) electrons. The number of aromatic hydroxyl groups is 2. The summed E-state index contributed by atoms with van der Waals surface area (Å²) >= 11 is 0. The van der Waals surface area contributed by atoms with Crippen LogP contribution >= 0.6 is 0 Å². The van der Waals surface area contributed by atoms with Crippen molar-refractivity contribution in [2.75, 3.05) is 0 Å². The van der Waals surface area contributed by atoms with E-state index in [0.29, 0.717) is 11.5 Å². The molecule has 0 saturated carbocycles. The Morgan fingerprint density at radius 1 is 0.842 bits per heavy atom. The number of phenols is 2. The van der Waals surface area contributed by atoms with E-state index < -0.39 is 0 Å². The maximum atomic E-state index is 10.2. The highest BCUT2D eigenvalue weighted by atomic mass is 16.3. The second kappa shape index (κ2) is 4.96. The molecule has 0 aliphatic rings. The summed E-state index contributed by atoms with van der Waals surface area (Å²) in [5.41, 5.74) is 4.65. The SMILES string of the molecule is Cc1cc(C(C)c2cccc(C)c2O)cc(C)c1O. The van der Waals surface area contributed by atoms with Crippen molar-refractivity contribution < 1.29 is 10.2 Å². The number of para-hydroxylation sites is 1. The summed E-state index contributed by atoms with van der Waals surface area (Å²) in [5.74, 6) is 0.806. The average Bonchev–Trinajstić information content (AvgIpc) is 2.38. The third-order valence-corrected chi connectivity index (χ3v) is 3.75. The molecule has 19 heavy (non-hydrogen) atoms. The molecule has 0 heterocycles. The summed E-state index contributed by atoms with van der Waals surface area (Å²) in [4.78, 5) is 0. The van der Waals surface area contributed by atoms with Gasteiger partial charge in [-0.2, -0.15) is 0 Å². The van der Waals surface area contributed by atoms with Crippen LogP contribution in [0.2, 0.25) is 0 Å². The van der Waals surface area contributed by atoms with E-state index in [9.17, 15) is 10.2 Å². The van der Waals surface area contributed by atoms with Gasteiger partial charge in [-0.3, -0.25) is 0 Å². The first-order chi connectivity index (χ1) is 8.91. The molecular formula is C17H20O2. The number of benzene rings is 2. The van der Waals surface area contributed by atoms with Crippen LogP contribution in [0.25, 0.3) is 0 Å². The maximum Gasteiger partial charge on any atom is 0.122 e. The normalized spacial score (nSPS) is 12.4. The van der Waals surface area contributed by atoms with Crippen molar-refractivity contribution in [2.24, 2.45) is 0 Å². The molecule has 0 amide bonds. The van der Waals surface area contributed by atoms with Gasteiger partial charge in [0.25, 0.3) is 0 Å². The van der Waals surface area contributed by atoms with Gasteiger partial charge in [0.15, 0.2) is 0 Å². The van der Waals surface area contributed by atoms with Crippen LogP contribution in [0, 0.1) is 20.8 Å². The summed E-state index contributed by atoms with van der Waals surface area (Å²) in [5, 5.41) is 20.0. The minimum absolute atomic E-state index is 0.0953. The summed E-state index contributed by atoms with van der Waals surface area (Å²) in [6.45, 7) is 7.77. The standard InChI is InChI=1S/C17H20O2/c1-10-6-5-7-15(17(10)19)13(4)14-8-11(2)16(18)12(3)9-14/h5-9,13,18-19H,1-4H3. The van der Waals surface area contributed by atoms with Gasteiger partial charge in [-0.1, -0.05) is 37.3 Å². The third-order valence-electron chi connectivity index (χ3n) is 3.75. The third kappa shape index (κ3) is 2.43. The van der Waals surface area contributed by atoms with Crippen LogP contribution in [-0.2, 0) is 0 Å². The predicted molar refractivity (Wildman–Crippen MR) is 77.9 cm³/mol. The van der Waals surface area contributed by atoms with Gasteiger partial charge >= 0.3 is 0 Å². The van der Waals surface area contributed by atoms with Gasteiger partial charge in [-0.25, -0.2) is 0 Å². The van der Waals surface area contributed by atoms with Crippen molar-refractivity contribution >= 4 is 0 Å². The lowest BCUT2D eigenvalue weighted by atomic mass is 9.89. The summed E-state index contributed by atoms with van der Waals surface area (Å²) in [6.07, 6.45) is 0. The molecule has 2 heteroatoms. The van der Waals surface area contributed by atoms with E-state index in [1.807, 2.05) is 51.1 Å². The van der Waals surface area contributed by atoms with E-state index >= 15 is 0 Å². The molecule has 0 saturated heterocycles. The van der Waals surface area contributed by atoms with Crippen molar-refractivity contribution in [3.05, 3.63) is 58.1 Å². The molecule has 2 aromatic carbocycles. The van der Waals surface area contributed by atoms with Crippen LogP contribution in [0.3, 0.4) is 0 Å². The lowest BCUT2D eigenvalue weighted by Gasteiger charge is -2.17. The zero-order valence-corrected chi connectivity index (χ0v) is 11.9. The van der Waals surface area contributed by atoms with Gasteiger partial charge < -0.3 is 10.2 Å². The van der Waals surface area contributed by atoms with Crippen molar-refractivity contribution in [1.82, 2.24) is 0 Å². The minimum atomic E-state index is 0.0953. The molecule has 1 atom stereocenters. The van der Waals surface area contributed by atoms with E-state index in [1.165, 1.54) is 0 Å². The van der Waals surface area contributed by atoms with Gasteiger partial charge in [0.1, 0.15) is 11.5 Å². The Morgan fingerprint density at radius 2 is 1.42 bits per heavy atom. The highest BCUT2D eigenvalue weighted by Crippen LogP contribution is 2.35. The Bertz CT molecular complexity index is 592. The summed E-state index contributed by atoms with van der Waals surface area (Å²) in [6, 6.07) is 9.77. The van der Waals surface area contributed by atoms with E-state index in [1.54, 1.807) is 0 Å². The van der Waals surface area contributed by atoms with Crippen LogP contribution in [0.5, 0.6) is 11.5 Å². The Kier molecular flexibility index (Phi) is 3.52. The summed E-state index contributed by atoms with van der Waals surface area (Å²) < 4.78 is 0. The van der Waals surface area contributed by atoms with E-state index in [4.69, 9.17) is 0 Å². The number of phenolic OH excluding ortho intramolecular Hbond substituents is 2. The fourth-order valence-electron chi connectivity index (χ4n) is 2.45. The predicted octanol–water partition coefficient (Wildman–Crippen LogP) is 4.17.